The van der Waals surface area contributed by atoms with Gasteiger partial charge in [-0.3, -0.25) is 13.9 Å². The lowest BCUT2D eigenvalue weighted by atomic mass is 10.2. The molecule has 0 fully saturated rings. The highest BCUT2D eigenvalue weighted by atomic mass is 35.5. The van der Waals surface area contributed by atoms with Crippen molar-refractivity contribution in [3.8, 4) is 0 Å². The highest BCUT2D eigenvalue weighted by Crippen LogP contribution is 1.99. The number of nitrogens with zero attached hydrogens (tertiary/aromatic N) is 2. The molecule has 0 bridgehead atoms. The number of hydrogen-bond donors (Lipinski definition) is 1. The highest BCUT2D eigenvalue weighted by Gasteiger charge is 2.10. The summed E-state index contributed by atoms with van der Waals surface area (Å²) in [6, 6.07) is 10.8. The van der Waals surface area contributed by atoms with Crippen LogP contribution in [0.15, 0.2) is 52.2 Å². The monoisotopic (exact) mass is 294 g/mol. The fourth-order valence-electron chi connectivity index (χ4n) is 1.88. The zero-order valence-electron chi connectivity index (χ0n) is 10.8. The molecule has 1 aromatic heterocycles. The summed E-state index contributed by atoms with van der Waals surface area (Å²) in [6.45, 7) is 0.272. The van der Waals surface area contributed by atoms with E-state index >= 15 is 0 Å². The first-order valence-electron chi connectivity index (χ1n) is 6.20. The molecule has 0 radical (unpaired) electrons. The minimum atomic E-state index is -0.922. The van der Waals surface area contributed by atoms with E-state index < -0.39 is 17.4 Å². The summed E-state index contributed by atoms with van der Waals surface area (Å²) in [5, 5.41) is 9.50. The van der Waals surface area contributed by atoms with Gasteiger partial charge in [-0.1, -0.05) is 30.3 Å². The molecule has 0 saturated carbocycles. The summed E-state index contributed by atoms with van der Waals surface area (Å²) >= 11 is 5.50. The first kappa shape index (κ1) is 14.6. The molecule has 0 unspecified atom stereocenters. The maximum atomic E-state index is 12.2. The topological polar surface area (TPSA) is 64.2 Å². The van der Waals surface area contributed by atoms with Gasteiger partial charge in [0.25, 0.3) is 5.56 Å². The molecule has 0 aliphatic carbocycles. The maximum Gasteiger partial charge on any atom is 0.331 e. The Morgan fingerprint density at radius 3 is 2.50 bits per heavy atom. The molecule has 2 rings (SSSR count). The van der Waals surface area contributed by atoms with Crippen molar-refractivity contribution in [1.29, 1.82) is 0 Å². The van der Waals surface area contributed by atoms with Crippen molar-refractivity contribution >= 4 is 11.6 Å². The van der Waals surface area contributed by atoms with E-state index in [2.05, 4.69) is 0 Å². The molecule has 1 atom stereocenters. The number of aromatic nitrogens is 2. The van der Waals surface area contributed by atoms with Crippen LogP contribution in [0, 0.1) is 0 Å². The van der Waals surface area contributed by atoms with E-state index in [1.54, 1.807) is 0 Å². The SMILES string of the molecule is O=c1ccn(Cc2ccccc2)c(=O)n1C[C@@H](O)CCl. The molecule has 1 aromatic carbocycles. The second kappa shape index (κ2) is 6.54. The van der Waals surface area contributed by atoms with E-state index in [1.165, 1.54) is 16.8 Å². The number of halogens is 1. The molecule has 106 valence electrons. The molecule has 0 spiro atoms. The minimum absolute atomic E-state index is 0.0283. The van der Waals surface area contributed by atoms with E-state index in [-0.39, 0.29) is 12.4 Å². The second-order valence-corrected chi connectivity index (χ2v) is 4.78. The third-order valence-electron chi connectivity index (χ3n) is 2.91. The van der Waals surface area contributed by atoms with Crippen LogP contribution in [0.25, 0.3) is 0 Å². The van der Waals surface area contributed by atoms with E-state index in [0.717, 1.165) is 10.1 Å². The van der Waals surface area contributed by atoms with Crippen molar-refractivity contribution in [2.75, 3.05) is 5.88 Å². The van der Waals surface area contributed by atoms with Gasteiger partial charge in [0.05, 0.1) is 25.1 Å². The fourth-order valence-corrected chi connectivity index (χ4v) is 1.98. The quantitative estimate of drug-likeness (QED) is 0.824. The molecule has 0 aliphatic heterocycles. The van der Waals surface area contributed by atoms with Crippen LogP contribution in [0.5, 0.6) is 0 Å². The van der Waals surface area contributed by atoms with Gasteiger partial charge >= 0.3 is 5.69 Å². The fraction of sp³-hybridized carbons (Fsp3) is 0.286. The van der Waals surface area contributed by atoms with E-state index in [9.17, 15) is 14.7 Å². The summed E-state index contributed by atoms with van der Waals surface area (Å²) in [5.74, 6) is -0.0283. The van der Waals surface area contributed by atoms with Crippen LogP contribution >= 0.6 is 11.6 Å². The van der Waals surface area contributed by atoms with Crippen LogP contribution in [-0.2, 0) is 13.1 Å². The van der Waals surface area contributed by atoms with Gasteiger partial charge in [-0.25, -0.2) is 4.79 Å². The van der Waals surface area contributed by atoms with Crippen molar-refractivity contribution in [2.45, 2.75) is 19.2 Å². The van der Waals surface area contributed by atoms with Gasteiger partial charge < -0.3 is 5.11 Å². The van der Waals surface area contributed by atoms with Crippen LogP contribution in [0.3, 0.4) is 0 Å². The summed E-state index contributed by atoms with van der Waals surface area (Å²) in [5.41, 5.74) is 0.0617. The number of alkyl halides is 1. The van der Waals surface area contributed by atoms with Crippen LogP contribution in [0.2, 0.25) is 0 Å². The Morgan fingerprint density at radius 1 is 1.15 bits per heavy atom. The lowest BCUT2D eigenvalue weighted by Crippen LogP contribution is -2.42. The van der Waals surface area contributed by atoms with Gasteiger partial charge in [0.2, 0.25) is 0 Å². The van der Waals surface area contributed by atoms with Gasteiger partial charge in [-0.05, 0) is 5.56 Å². The van der Waals surface area contributed by atoms with Gasteiger partial charge in [-0.15, -0.1) is 11.6 Å². The van der Waals surface area contributed by atoms with Crippen LogP contribution < -0.4 is 11.2 Å². The van der Waals surface area contributed by atoms with Gasteiger partial charge in [0.1, 0.15) is 0 Å². The maximum absolute atomic E-state index is 12.2. The van der Waals surface area contributed by atoms with E-state index in [0.29, 0.717) is 6.54 Å². The molecule has 2 aromatic rings. The van der Waals surface area contributed by atoms with Gasteiger partial charge in [0.15, 0.2) is 0 Å². The standard InChI is InChI=1S/C14H15ClN2O3/c15-8-12(18)10-17-13(19)6-7-16(14(17)20)9-11-4-2-1-3-5-11/h1-7,12,18H,8-10H2/t12-/m0/s1. The molecule has 0 saturated heterocycles. The van der Waals surface area contributed by atoms with Crippen LogP contribution in [0.4, 0.5) is 0 Å². The number of rotatable bonds is 5. The van der Waals surface area contributed by atoms with Gasteiger partial charge in [-0.2, -0.15) is 0 Å². The molecule has 1 heterocycles. The molecule has 20 heavy (non-hydrogen) atoms. The van der Waals surface area contributed by atoms with Crippen molar-refractivity contribution < 1.29 is 5.11 Å². The first-order valence-corrected chi connectivity index (χ1v) is 6.73. The molecular weight excluding hydrogens is 280 g/mol. The molecule has 0 aliphatic rings. The normalized spacial score (nSPS) is 12.3. The van der Waals surface area contributed by atoms with Crippen molar-refractivity contribution in [2.24, 2.45) is 0 Å². The average Bonchev–Trinajstić information content (AvgIpc) is 2.47. The van der Waals surface area contributed by atoms with Crippen LogP contribution in [-0.4, -0.2) is 26.2 Å². The third kappa shape index (κ3) is 3.37. The number of aliphatic hydroxyl groups excluding tert-OH is 1. The van der Waals surface area contributed by atoms with Crippen molar-refractivity contribution in [3.05, 3.63) is 69.0 Å². The summed E-state index contributed by atoms with van der Waals surface area (Å²) in [4.78, 5) is 23.9. The predicted molar refractivity (Wildman–Crippen MR) is 77.2 cm³/mol. The third-order valence-corrected chi connectivity index (χ3v) is 3.26. The minimum Gasteiger partial charge on any atom is -0.390 e. The Bertz CT molecular complexity index is 679. The van der Waals surface area contributed by atoms with E-state index in [4.69, 9.17) is 11.6 Å². The van der Waals surface area contributed by atoms with Crippen molar-refractivity contribution in [3.63, 3.8) is 0 Å². The Hall–Kier alpha value is -1.85. The average molecular weight is 295 g/mol. The Balaban J connectivity index is 2.34. The first-order chi connectivity index (χ1) is 9.61. The molecular formula is C14H15ClN2O3. The zero-order valence-corrected chi connectivity index (χ0v) is 11.5. The second-order valence-electron chi connectivity index (χ2n) is 4.47. The summed E-state index contributed by atoms with van der Waals surface area (Å²) in [6.07, 6.45) is 0.538. The molecule has 5 nitrogen and oxygen atoms in total. The van der Waals surface area contributed by atoms with E-state index in [1.807, 2.05) is 30.3 Å². The lowest BCUT2D eigenvalue weighted by Gasteiger charge is -2.12. The smallest absolute Gasteiger partial charge is 0.331 e. The van der Waals surface area contributed by atoms with Crippen molar-refractivity contribution in [1.82, 2.24) is 9.13 Å². The molecule has 6 heteroatoms. The number of benzene rings is 1. The largest absolute Gasteiger partial charge is 0.390 e. The Morgan fingerprint density at radius 2 is 1.85 bits per heavy atom. The number of aliphatic hydroxyl groups is 1. The Kier molecular flexibility index (Phi) is 4.76. The van der Waals surface area contributed by atoms with Crippen LogP contribution in [0.1, 0.15) is 5.56 Å². The van der Waals surface area contributed by atoms with Gasteiger partial charge in [0, 0.05) is 12.3 Å². The Labute approximate surface area is 120 Å². The zero-order chi connectivity index (χ0) is 14.5. The molecule has 0 amide bonds. The number of hydrogen-bond acceptors (Lipinski definition) is 3. The predicted octanol–water partition coefficient (Wildman–Crippen LogP) is 0.658. The summed E-state index contributed by atoms with van der Waals surface area (Å²) in [7, 11) is 0. The molecule has 1 N–H and O–H groups in total. The highest BCUT2D eigenvalue weighted by molar-refractivity contribution is 6.18. The summed E-state index contributed by atoms with van der Waals surface area (Å²) < 4.78 is 2.42. The lowest BCUT2D eigenvalue weighted by molar-refractivity contribution is 0.172.